The number of furan rings is 1. The van der Waals surface area contributed by atoms with Crippen molar-refractivity contribution in [2.24, 2.45) is 0 Å². The number of rotatable bonds is 5. The zero-order valence-corrected chi connectivity index (χ0v) is 18.2. The summed E-state index contributed by atoms with van der Waals surface area (Å²) in [5, 5.41) is 4.65. The number of nitrogens with one attached hydrogen (secondary N) is 1. The molecular weight excluding hydrogens is 406 g/mol. The van der Waals surface area contributed by atoms with Gasteiger partial charge in [0.2, 0.25) is 5.91 Å². The second-order valence-electron chi connectivity index (χ2n) is 8.38. The van der Waals surface area contributed by atoms with E-state index in [9.17, 15) is 9.59 Å². The Kier molecular flexibility index (Phi) is 5.31. The fourth-order valence-corrected chi connectivity index (χ4v) is 4.50. The largest absolute Gasteiger partial charge is 0.463 e. The maximum atomic E-state index is 12.8. The molecule has 0 bridgehead atoms. The van der Waals surface area contributed by atoms with Gasteiger partial charge in [-0.05, 0) is 43.9 Å². The van der Waals surface area contributed by atoms with E-state index in [0.29, 0.717) is 23.3 Å². The standard InChI is InChI=1S/C26H25NO5/c1-15-19-11-21-22(17-7-4-3-5-8-17)14-31-24(21)16(2)25(19)32-26(29)20(15)12-23(28)27-13-18-9-6-10-30-18/h3-5,7-8,11,14,18H,6,9-10,12-13H2,1-2H3,(H,27,28). The molecule has 1 saturated heterocycles. The number of aryl methyl sites for hydroxylation is 2. The Labute approximate surface area is 185 Å². The third-order valence-electron chi connectivity index (χ3n) is 6.31. The lowest BCUT2D eigenvalue weighted by Gasteiger charge is -2.12. The first-order valence-corrected chi connectivity index (χ1v) is 10.9. The number of fused-ring (bicyclic) bond motifs is 2. The number of hydrogen-bond donors (Lipinski definition) is 1. The second kappa shape index (κ2) is 8.28. The van der Waals surface area contributed by atoms with Gasteiger partial charge < -0.3 is 18.9 Å². The van der Waals surface area contributed by atoms with Crippen molar-refractivity contribution in [1.82, 2.24) is 5.32 Å². The Hall–Kier alpha value is -3.38. The molecule has 2 aromatic carbocycles. The molecule has 0 spiro atoms. The summed E-state index contributed by atoms with van der Waals surface area (Å²) < 4.78 is 17.1. The lowest BCUT2D eigenvalue weighted by Crippen LogP contribution is -2.34. The minimum absolute atomic E-state index is 0.0230. The van der Waals surface area contributed by atoms with Crippen LogP contribution in [0.15, 0.2) is 56.3 Å². The van der Waals surface area contributed by atoms with Crippen LogP contribution in [0, 0.1) is 13.8 Å². The molecular formula is C26H25NO5. The van der Waals surface area contributed by atoms with Crippen molar-refractivity contribution in [2.75, 3.05) is 13.2 Å². The summed E-state index contributed by atoms with van der Waals surface area (Å²) in [6.07, 6.45) is 3.73. The van der Waals surface area contributed by atoms with E-state index in [1.54, 1.807) is 6.26 Å². The summed E-state index contributed by atoms with van der Waals surface area (Å²) in [4.78, 5) is 25.3. The fourth-order valence-electron chi connectivity index (χ4n) is 4.50. The Balaban J connectivity index is 1.54. The smallest absolute Gasteiger partial charge is 0.340 e. The van der Waals surface area contributed by atoms with Crippen LogP contribution in [0.1, 0.15) is 29.5 Å². The molecule has 1 N–H and O–H groups in total. The first-order valence-electron chi connectivity index (χ1n) is 10.9. The molecule has 0 radical (unpaired) electrons. The van der Waals surface area contributed by atoms with Crippen LogP contribution < -0.4 is 10.9 Å². The van der Waals surface area contributed by atoms with Crippen molar-refractivity contribution >= 4 is 27.8 Å². The first kappa shape index (κ1) is 20.5. The highest BCUT2D eigenvalue weighted by molar-refractivity contribution is 6.05. The van der Waals surface area contributed by atoms with Gasteiger partial charge >= 0.3 is 5.63 Å². The molecule has 1 aliphatic rings. The Morgan fingerprint density at radius 1 is 1.09 bits per heavy atom. The van der Waals surface area contributed by atoms with Crippen molar-refractivity contribution in [3.63, 3.8) is 0 Å². The zero-order valence-electron chi connectivity index (χ0n) is 18.2. The third kappa shape index (κ3) is 3.60. The molecule has 5 rings (SSSR count). The van der Waals surface area contributed by atoms with Crippen molar-refractivity contribution in [3.05, 3.63) is 69.8 Å². The highest BCUT2D eigenvalue weighted by Crippen LogP contribution is 2.37. The monoisotopic (exact) mass is 431 g/mol. The van der Waals surface area contributed by atoms with Gasteiger partial charge in [0.05, 0.1) is 24.4 Å². The van der Waals surface area contributed by atoms with E-state index in [2.05, 4.69) is 5.32 Å². The summed E-state index contributed by atoms with van der Waals surface area (Å²) in [6.45, 7) is 4.96. The summed E-state index contributed by atoms with van der Waals surface area (Å²) in [7, 11) is 0. The van der Waals surface area contributed by atoms with Gasteiger partial charge in [0, 0.05) is 35.1 Å². The van der Waals surface area contributed by atoms with Gasteiger partial charge in [-0.1, -0.05) is 30.3 Å². The van der Waals surface area contributed by atoms with Crippen molar-refractivity contribution in [3.8, 4) is 11.1 Å². The molecule has 6 heteroatoms. The van der Waals surface area contributed by atoms with Gasteiger partial charge in [0.25, 0.3) is 0 Å². The van der Waals surface area contributed by atoms with Gasteiger partial charge in [0.15, 0.2) is 0 Å². The van der Waals surface area contributed by atoms with E-state index in [1.807, 2.05) is 50.2 Å². The zero-order chi connectivity index (χ0) is 22.2. The van der Waals surface area contributed by atoms with Gasteiger partial charge in [-0.3, -0.25) is 4.79 Å². The minimum atomic E-state index is -0.487. The van der Waals surface area contributed by atoms with Crippen LogP contribution in [0.25, 0.3) is 33.1 Å². The minimum Gasteiger partial charge on any atom is -0.463 e. The molecule has 1 unspecified atom stereocenters. The highest BCUT2D eigenvalue weighted by atomic mass is 16.5. The van der Waals surface area contributed by atoms with E-state index >= 15 is 0 Å². The van der Waals surface area contributed by atoms with E-state index < -0.39 is 5.63 Å². The topological polar surface area (TPSA) is 81.7 Å². The van der Waals surface area contributed by atoms with Crippen LogP contribution in [-0.4, -0.2) is 25.2 Å². The second-order valence-corrected chi connectivity index (χ2v) is 8.38. The molecule has 1 atom stereocenters. The van der Waals surface area contributed by atoms with Crippen LogP contribution in [-0.2, 0) is 16.0 Å². The average molecular weight is 431 g/mol. The number of carbonyl (C=O) groups is 1. The first-order chi connectivity index (χ1) is 15.5. The number of hydrogen-bond acceptors (Lipinski definition) is 5. The van der Waals surface area contributed by atoms with E-state index in [0.717, 1.165) is 52.5 Å². The maximum absolute atomic E-state index is 12.8. The molecule has 1 aliphatic heterocycles. The average Bonchev–Trinajstić information content (AvgIpc) is 3.47. The van der Waals surface area contributed by atoms with Crippen molar-refractivity contribution in [1.29, 1.82) is 0 Å². The highest BCUT2D eigenvalue weighted by Gasteiger charge is 2.21. The molecule has 3 heterocycles. The molecule has 0 saturated carbocycles. The SMILES string of the molecule is Cc1c(CC(=O)NCC2CCCO2)c(=O)oc2c(C)c3occ(-c4ccccc4)c3cc12. The molecule has 0 aliphatic carbocycles. The Morgan fingerprint density at radius 3 is 2.66 bits per heavy atom. The molecule has 1 amide bonds. The van der Waals surface area contributed by atoms with Gasteiger partial charge in [-0.2, -0.15) is 0 Å². The summed E-state index contributed by atoms with van der Waals surface area (Å²) in [6, 6.07) is 12.0. The van der Waals surface area contributed by atoms with Crippen LogP contribution in [0.5, 0.6) is 0 Å². The number of ether oxygens (including phenoxy) is 1. The Morgan fingerprint density at radius 2 is 1.91 bits per heavy atom. The van der Waals surface area contributed by atoms with Crippen molar-refractivity contribution in [2.45, 2.75) is 39.2 Å². The Bertz CT molecular complexity index is 1360. The number of carbonyl (C=O) groups excluding carboxylic acids is 1. The lowest BCUT2D eigenvalue weighted by molar-refractivity contribution is -0.121. The van der Waals surface area contributed by atoms with Crippen LogP contribution in [0.3, 0.4) is 0 Å². The predicted octanol–water partition coefficient (Wildman–Crippen LogP) is 4.66. The number of benzene rings is 2. The van der Waals surface area contributed by atoms with Crippen LogP contribution in [0.2, 0.25) is 0 Å². The molecule has 4 aromatic rings. The fraction of sp³-hybridized carbons (Fsp3) is 0.308. The molecule has 32 heavy (non-hydrogen) atoms. The molecule has 1 fully saturated rings. The number of amides is 1. The van der Waals surface area contributed by atoms with Gasteiger partial charge in [-0.15, -0.1) is 0 Å². The molecule has 2 aromatic heterocycles. The van der Waals surface area contributed by atoms with E-state index in [1.165, 1.54) is 0 Å². The van der Waals surface area contributed by atoms with Crippen LogP contribution in [0.4, 0.5) is 0 Å². The summed E-state index contributed by atoms with van der Waals surface area (Å²) in [5.41, 5.74) is 4.65. The van der Waals surface area contributed by atoms with Crippen molar-refractivity contribution < 1.29 is 18.4 Å². The van der Waals surface area contributed by atoms with Gasteiger partial charge in [-0.25, -0.2) is 4.79 Å². The van der Waals surface area contributed by atoms with Gasteiger partial charge in [0.1, 0.15) is 11.2 Å². The molecule has 164 valence electrons. The van der Waals surface area contributed by atoms with E-state index in [-0.39, 0.29) is 18.4 Å². The van der Waals surface area contributed by atoms with Crippen LogP contribution >= 0.6 is 0 Å². The molecule has 6 nitrogen and oxygen atoms in total. The lowest BCUT2D eigenvalue weighted by atomic mass is 9.97. The predicted molar refractivity (Wildman–Crippen MR) is 123 cm³/mol. The maximum Gasteiger partial charge on any atom is 0.340 e. The normalized spacial score (nSPS) is 16.1. The third-order valence-corrected chi connectivity index (χ3v) is 6.31. The summed E-state index contributed by atoms with van der Waals surface area (Å²) >= 11 is 0. The summed E-state index contributed by atoms with van der Waals surface area (Å²) in [5.74, 6) is -0.207. The quantitative estimate of drug-likeness (QED) is 0.465. The van der Waals surface area contributed by atoms with E-state index in [4.69, 9.17) is 13.6 Å².